The molecule has 0 bridgehead atoms. The van der Waals surface area contributed by atoms with E-state index in [0.29, 0.717) is 30.8 Å². The highest BCUT2D eigenvalue weighted by molar-refractivity contribution is 6.76. The minimum absolute atomic E-state index is 0.360. The van der Waals surface area contributed by atoms with Crippen molar-refractivity contribution in [3.63, 3.8) is 0 Å². The molecule has 0 aliphatic heterocycles. The Kier molecular flexibility index (Phi) is 6.01. The first-order chi connectivity index (χ1) is 13.3. The largest absolute Gasteiger partial charge is 0.465 e. The number of benzene rings is 2. The first-order valence-electron chi connectivity index (χ1n) is 9.13. The van der Waals surface area contributed by atoms with Gasteiger partial charge in [0.05, 0.1) is 11.0 Å². The molecule has 0 unspecified atom stereocenters. The molecule has 0 spiro atoms. The normalized spacial score (nSPS) is 11.5. The van der Waals surface area contributed by atoms with Gasteiger partial charge in [0.1, 0.15) is 12.5 Å². The Morgan fingerprint density at radius 3 is 2.54 bits per heavy atom. The zero-order chi connectivity index (χ0) is 20.1. The Hall–Kier alpha value is -2.84. The molecule has 2 N–H and O–H groups in total. The van der Waals surface area contributed by atoms with Crippen molar-refractivity contribution in [3.05, 3.63) is 48.5 Å². The number of rotatable bonds is 8. The zero-order valence-corrected chi connectivity index (χ0v) is 17.3. The smallest absolute Gasteiger partial charge is 0.409 e. The second-order valence-corrected chi connectivity index (χ2v) is 13.3. The maximum Gasteiger partial charge on any atom is 0.409 e. The molecule has 1 amide bonds. The first-order valence-corrected chi connectivity index (χ1v) is 12.8. The second kappa shape index (κ2) is 8.45. The summed E-state index contributed by atoms with van der Waals surface area (Å²) in [7, 11) is -1.15. The van der Waals surface area contributed by atoms with Crippen molar-refractivity contribution < 1.29 is 19.4 Å². The topological polar surface area (TPSA) is 85.6 Å². The van der Waals surface area contributed by atoms with Crippen molar-refractivity contribution in [3.8, 4) is 11.8 Å². The first kappa shape index (κ1) is 19.9. The van der Waals surface area contributed by atoms with Crippen LogP contribution in [0.25, 0.3) is 11.0 Å². The fraction of sp³-hybridized carbons (Fsp3) is 0.300. The van der Waals surface area contributed by atoms with E-state index >= 15 is 0 Å². The van der Waals surface area contributed by atoms with E-state index in [1.807, 2.05) is 28.8 Å². The predicted molar refractivity (Wildman–Crippen MR) is 112 cm³/mol. The average Bonchev–Trinajstić information content (AvgIpc) is 2.96. The molecule has 148 valence electrons. The number of amides is 1. The molecule has 0 aliphatic rings. The average molecular weight is 400 g/mol. The summed E-state index contributed by atoms with van der Waals surface area (Å²) in [6, 6.07) is 16.0. The summed E-state index contributed by atoms with van der Waals surface area (Å²) in [6.45, 7) is 8.03. The number of ether oxygens (including phenoxy) is 2. The van der Waals surface area contributed by atoms with Gasteiger partial charge in [0, 0.05) is 20.4 Å². The third-order valence-corrected chi connectivity index (χ3v) is 5.86. The Bertz CT molecular complexity index is 948. The third kappa shape index (κ3) is 5.34. The van der Waals surface area contributed by atoms with Crippen LogP contribution in [0.15, 0.2) is 48.5 Å². The van der Waals surface area contributed by atoms with E-state index in [2.05, 4.69) is 29.9 Å². The van der Waals surface area contributed by atoms with Crippen LogP contribution in [0.4, 0.5) is 10.5 Å². The van der Waals surface area contributed by atoms with E-state index in [-0.39, 0.29) is 0 Å². The summed E-state index contributed by atoms with van der Waals surface area (Å²) in [5.41, 5.74) is 2.24. The van der Waals surface area contributed by atoms with Gasteiger partial charge < -0.3 is 14.6 Å². The number of carbonyl (C=O) groups is 1. The van der Waals surface area contributed by atoms with Gasteiger partial charge in [-0.15, -0.1) is 0 Å². The van der Waals surface area contributed by atoms with Gasteiger partial charge in [-0.05, 0) is 42.4 Å². The molecule has 0 radical (unpaired) electrons. The minimum Gasteiger partial charge on any atom is -0.465 e. The summed E-state index contributed by atoms with van der Waals surface area (Å²) >= 11 is 0. The molecule has 2 aromatic carbocycles. The zero-order valence-electron chi connectivity index (χ0n) is 16.3. The fourth-order valence-electron chi connectivity index (χ4n) is 2.63. The maximum atomic E-state index is 10.7. The van der Waals surface area contributed by atoms with E-state index < -0.39 is 14.2 Å². The molecule has 0 fully saturated rings. The van der Waals surface area contributed by atoms with Crippen LogP contribution in [0, 0.1) is 0 Å². The van der Waals surface area contributed by atoms with Gasteiger partial charge in [-0.2, -0.15) is 4.98 Å². The summed E-state index contributed by atoms with van der Waals surface area (Å²) in [6.07, 6.45) is -1.11. The van der Waals surface area contributed by atoms with Crippen LogP contribution in [0.3, 0.4) is 0 Å². The van der Waals surface area contributed by atoms with E-state index in [9.17, 15) is 4.79 Å². The Labute approximate surface area is 164 Å². The van der Waals surface area contributed by atoms with Crippen LogP contribution in [0.1, 0.15) is 0 Å². The van der Waals surface area contributed by atoms with Gasteiger partial charge >= 0.3 is 12.1 Å². The van der Waals surface area contributed by atoms with Gasteiger partial charge in [-0.1, -0.05) is 31.8 Å². The lowest BCUT2D eigenvalue weighted by atomic mass is 10.3. The van der Waals surface area contributed by atoms with Gasteiger partial charge in [-0.25, -0.2) is 4.79 Å². The van der Waals surface area contributed by atoms with E-state index in [1.54, 1.807) is 24.3 Å². The second-order valence-electron chi connectivity index (χ2n) is 7.72. The molecule has 0 saturated carbocycles. The van der Waals surface area contributed by atoms with Crippen molar-refractivity contribution >= 4 is 30.9 Å². The number of para-hydroxylation sites is 2. The molecule has 1 aromatic heterocycles. The van der Waals surface area contributed by atoms with Gasteiger partial charge in [-0.3, -0.25) is 9.88 Å². The van der Waals surface area contributed by atoms with Crippen molar-refractivity contribution in [2.75, 3.05) is 11.9 Å². The van der Waals surface area contributed by atoms with Crippen LogP contribution in [-0.2, 0) is 11.5 Å². The molecule has 0 aliphatic carbocycles. The molecule has 0 atom stereocenters. The number of hydrogen-bond acceptors (Lipinski definition) is 4. The standard InChI is InChI=1S/C20H25N3O4Si/c1-28(2,3)13-12-26-14-23-18-7-5-4-6-17(18)22-19(23)27-16-10-8-15(9-11-16)21-20(24)25/h4-11,21H,12-14H2,1-3H3,(H,24,25). The Morgan fingerprint density at radius 2 is 1.86 bits per heavy atom. The minimum atomic E-state index is -1.15. The predicted octanol–water partition coefficient (Wildman–Crippen LogP) is 5.23. The third-order valence-electron chi connectivity index (χ3n) is 4.15. The lowest BCUT2D eigenvalue weighted by Gasteiger charge is -2.16. The highest BCUT2D eigenvalue weighted by Gasteiger charge is 2.15. The van der Waals surface area contributed by atoms with Crippen LogP contribution in [0.5, 0.6) is 11.8 Å². The maximum absolute atomic E-state index is 10.7. The number of imidazole rings is 1. The molecule has 7 nitrogen and oxygen atoms in total. The summed E-state index contributed by atoms with van der Waals surface area (Å²) in [5, 5.41) is 11.1. The number of fused-ring (bicyclic) bond motifs is 1. The number of carboxylic acid groups (broad SMARTS) is 1. The number of anilines is 1. The van der Waals surface area contributed by atoms with Gasteiger partial charge in [0.2, 0.25) is 0 Å². The number of aromatic nitrogens is 2. The molecule has 0 saturated heterocycles. The highest BCUT2D eigenvalue weighted by atomic mass is 28.3. The van der Waals surface area contributed by atoms with Crippen molar-refractivity contribution in [2.24, 2.45) is 0 Å². The van der Waals surface area contributed by atoms with Crippen LogP contribution in [0.2, 0.25) is 25.7 Å². The van der Waals surface area contributed by atoms with Gasteiger partial charge in [0.15, 0.2) is 0 Å². The summed E-state index contributed by atoms with van der Waals surface area (Å²) in [5.74, 6) is 0.564. The molecule has 1 heterocycles. The van der Waals surface area contributed by atoms with Crippen LogP contribution in [-0.4, -0.2) is 35.4 Å². The Balaban J connectivity index is 1.77. The van der Waals surface area contributed by atoms with Gasteiger partial charge in [0.25, 0.3) is 0 Å². The summed E-state index contributed by atoms with van der Waals surface area (Å²) in [4.78, 5) is 15.3. The van der Waals surface area contributed by atoms with Crippen molar-refractivity contribution in [1.82, 2.24) is 9.55 Å². The number of nitrogens with zero attached hydrogens (tertiary/aromatic N) is 2. The Morgan fingerprint density at radius 1 is 1.14 bits per heavy atom. The van der Waals surface area contributed by atoms with Crippen molar-refractivity contribution in [2.45, 2.75) is 32.4 Å². The molecule has 8 heteroatoms. The highest BCUT2D eigenvalue weighted by Crippen LogP contribution is 2.27. The summed E-state index contributed by atoms with van der Waals surface area (Å²) < 4.78 is 13.8. The lowest BCUT2D eigenvalue weighted by Crippen LogP contribution is -2.22. The lowest BCUT2D eigenvalue weighted by molar-refractivity contribution is 0.0850. The molecular formula is C20H25N3O4Si. The molecular weight excluding hydrogens is 374 g/mol. The number of nitrogens with one attached hydrogen (secondary N) is 1. The van der Waals surface area contributed by atoms with E-state index in [1.165, 1.54) is 0 Å². The molecule has 3 aromatic rings. The van der Waals surface area contributed by atoms with Crippen LogP contribution >= 0.6 is 0 Å². The number of hydrogen-bond donors (Lipinski definition) is 2. The van der Waals surface area contributed by atoms with Crippen molar-refractivity contribution in [1.29, 1.82) is 0 Å². The van der Waals surface area contributed by atoms with E-state index in [0.717, 1.165) is 17.1 Å². The van der Waals surface area contributed by atoms with Crippen LogP contribution < -0.4 is 10.1 Å². The molecule has 28 heavy (non-hydrogen) atoms. The monoisotopic (exact) mass is 399 g/mol. The molecule has 3 rings (SSSR count). The SMILES string of the molecule is C[Si](C)(C)CCOCn1c(Oc2ccc(NC(=O)O)cc2)nc2ccccc21. The quantitative estimate of drug-likeness (QED) is 0.400. The van der Waals surface area contributed by atoms with E-state index in [4.69, 9.17) is 14.6 Å². The fourth-order valence-corrected chi connectivity index (χ4v) is 3.38.